The van der Waals surface area contributed by atoms with E-state index >= 15 is 0 Å². The third-order valence-electron chi connectivity index (χ3n) is 4.73. The second-order valence-corrected chi connectivity index (χ2v) is 6.04. The van der Waals surface area contributed by atoms with Gasteiger partial charge < -0.3 is 0 Å². The van der Waals surface area contributed by atoms with E-state index in [0.717, 1.165) is 17.8 Å². The van der Waals surface area contributed by atoms with Gasteiger partial charge >= 0.3 is 0 Å². The predicted octanol–water partition coefficient (Wildman–Crippen LogP) is 5.34. The lowest BCUT2D eigenvalue weighted by molar-refractivity contribution is 0.298. The Morgan fingerprint density at radius 2 is 1.38 bits per heavy atom. The molecule has 2 rings (SSSR count). The molecule has 0 bridgehead atoms. The number of rotatable bonds is 3. The van der Waals surface area contributed by atoms with Crippen LogP contribution in [0.5, 0.6) is 0 Å². The normalized spacial score (nSPS) is 27.3. The van der Waals surface area contributed by atoms with Crippen LogP contribution in [0.25, 0.3) is 0 Å². The van der Waals surface area contributed by atoms with Crippen LogP contribution in [0.1, 0.15) is 71.1 Å². The summed E-state index contributed by atoms with van der Waals surface area (Å²) in [7, 11) is 0. The number of allylic oxidation sites excluding steroid dienone is 2. The Labute approximate surface area is 102 Å². The Morgan fingerprint density at radius 3 is 2.00 bits per heavy atom. The van der Waals surface area contributed by atoms with Crippen LogP contribution in [0.15, 0.2) is 12.2 Å². The van der Waals surface area contributed by atoms with Gasteiger partial charge in [-0.05, 0) is 43.4 Å². The molecule has 1 unspecified atom stereocenters. The minimum absolute atomic E-state index is 0.835. The molecule has 0 heterocycles. The van der Waals surface area contributed by atoms with E-state index in [1.165, 1.54) is 64.2 Å². The molecule has 16 heavy (non-hydrogen) atoms. The van der Waals surface area contributed by atoms with Gasteiger partial charge in [-0.1, -0.05) is 57.6 Å². The fourth-order valence-corrected chi connectivity index (χ4v) is 3.48. The number of hydrogen-bond donors (Lipinski definition) is 0. The average Bonchev–Trinajstić information content (AvgIpc) is 2.38. The summed E-state index contributed by atoms with van der Waals surface area (Å²) in [5, 5.41) is 0. The lowest BCUT2D eigenvalue weighted by atomic mass is 9.80. The fraction of sp³-hybridized carbons (Fsp3) is 0.875. The Bertz CT molecular complexity index is 204. The molecular weight excluding hydrogens is 192 g/mol. The molecule has 2 aliphatic carbocycles. The van der Waals surface area contributed by atoms with E-state index in [1.54, 1.807) is 0 Å². The molecule has 2 saturated carbocycles. The van der Waals surface area contributed by atoms with E-state index < -0.39 is 0 Å². The van der Waals surface area contributed by atoms with Crippen LogP contribution in [0.2, 0.25) is 0 Å². The van der Waals surface area contributed by atoms with Gasteiger partial charge in [-0.3, -0.25) is 0 Å². The van der Waals surface area contributed by atoms with Crippen LogP contribution in [0.3, 0.4) is 0 Å². The molecule has 0 radical (unpaired) electrons. The Hall–Kier alpha value is -0.260. The highest BCUT2D eigenvalue weighted by Crippen LogP contribution is 2.31. The van der Waals surface area contributed by atoms with Gasteiger partial charge in [0.15, 0.2) is 0 Å². The highest BCUT2D eigenvalue weighted by atomic mass is 14.2. The SMILES string of the molecule is CC(C=CC1CCCCC1)C1CCCCC1. The van der Waals surface area contributed by atoms with Crippen molar-refractivity contribution in [2.45, 2.75) is 71.1 Å². The lowest BCUT2D eigenvalue weighted by Crippen LogP contribution is -2.14. The highest BCUT2D eigenvalue weighted by molar-refractivity contribution is 4.95. The first-order valence-electron chi connectivity index (χ1n) is 7.54. The minimum Gasteiger partial charge on any atom is -0.0851 e. The summed E-state index contributed by atoms with van der Waals surface area (Å²) in [6.07, 6.45) is 19.8. The quantitative estimate of drug-likeness (QED) is 0.563. The van der Waals surface area contributed by atoms with Gasteiger partial charge in [-0.15, -0.1) is 0 Å². The molecule has 0 spiro atoms. The fourth-order valence-electron chi connectivity index (χ4n) is 3.48. The standard InChI is InChI=1S/C16H28/c1-14(16-10-6-3-7-11-16)12-13-15-8-4-2-5-9-15/h12-16H,2-11H2,1H3. The molecule has 0 amide bonds. The first-order chi connectivity index (χ1) is 7.86. The first-order valence-corrected chi connectivity index (χ1v) is 7.54. The topological polar surface area (TPSA) is 0 Å². The van der Waals surface area contributed by atoms with Crippen LogP contribution < -0.4 is 0 Å². The maximum atomic E-state index is 2.55. The van der Waals surface area contributed by atoms with E-state index in [1.807, 2.05) is 0 Å². The summed E-state index contributed by atoms with van der Waals surface area (Å²) < 4.78 is 0. The minimum atomic E-state index is 0.835. The molecule has 0 nitrogen and oxygen atoms in total. The number of hydrogen-bond acceptors (Lipinski definition) is 0. The van der Waals surface area contributed by atoms with Crippen LogP contribution in [-0.2, 0) is 0 Å². The molecule has 2 aliphatic rings. The van der Waals surface area contributed by atoms with Gasteiger partial charge in [0.05, 0.1) is 0 Å². The van der Waals surface area contributed by atoms with Gasteiger partial charge in [-0.25, -0.2) is 0 Å². The molecule has 0 aromatic heterocycles. The summed E-state index contributed by atoms with van der Waals surface area (Å²) in [5.74, 6) is 2.75. The summed E-state index contributed by atoms with van der Waals surface area (Å²) in [6.45, 7) is 2.44. The maximum Gasteiger partial charge on any atom is -0.0233 e. The first kappa shape index (κ1) is 12.2. The van der Waals surface area contributed by atoms with E-state index in [0.29, 0.717) is 0 Å². The highest BCUT2D eigenvalue weighted by Gasteiger charge is 2.18. The summed E-state index contributed by atoms with van der Waals surface area (Å²) in [6, 6.07) is 0. The summed E-state index contributed by atoms with van der Waals surface area (Å²) >= 11 is 0. The van der Waals surface area contributed by atoms with Crippen LogP contribution in [0.4, 0.5) is 0 Å². The van der Waals surface area contributed by atoms with Gasteiger partial charge in [-0.2, -0.15) is 0 Å². The second-order valence-electron chi connectivity index (χ2n) is 6.04. The van der Waals surface area contributed by atoms with Gasteiger partial charge in [0.2, 0.25) is 0 Å². The molecule has 0 heteroatoms. The Balaban J connectivity index is 1.75. The molecule has 0 N–H and O–H groups in total. The van der Waals surface area contributed by atoms with E-state index in [-0.39, 0.29) is 0 Å². The zero-order valence-electron chi connectivity index (χ0n) is 11.0. The van der Waals surface area contributed by atoms with Crippen molar-refractivity contribution in [3.8, 4) is 0 Å². The predicted molar refractivity (Wildman–Crippen MR) is 71.5 cm³/mol. The maximum absolute atomic E-state index is 2.55. The zero-order valence-corrected chi connectivity index (χ0v) is 11.0. The van der Waals surface area contributed by atoms with Crippen molar-refractivity contribution in [1.82, 2.24) is 0 Å². The Kier molecular flexibility index (Phi) is 4.93. The summed E-state index contributed by atoms with van der Waals surface area (Å²) in [5.41, 5.74) is 0. The largest absolute Gasteiger partial charge is 0.0851 e. The molecule has 2 fully saturated rings. The van der Waals surface area contributed by atoms with Crippen molar-refractivity contribution < 1.29 is 0 Å². The lowest BCUT2D eigenvalue weighted by Gasteiger charge is -2.26. The molecule has 0 aromatic rings. The molecule has 0 aromatic carbocycles. The molecule has 1 atom stereocenters. The zero-order chi connectivity index (χ0) is 11.2. The molecule has 0 saturated heterocycles. The van der Waals surface area contributed by atoms with Gasteiger partial charge in [0, 0.05) is 0 Å². The third-order valence-corrected chi connectivity index (χ3v) is 4.73. The second kappa shape index (κ2) is 6.47. The van der Waals surface area contributed by atoms with Gasteiger partial charge in [0.25, 0.3) is 0 Å². The van der Waals surface area contributed by atoms with Gasteiger partial charge in [0.1, 0.15) is 0 Å². The monoisotopic (exact) mass is 220 g/mol. The van der Waals surface area contributed by atoms with Crippen molar-refractivity contribution in [2.24, 2.45) is 17.8 Å². The molecule has 0 aliphatic heterocycles. The van der Waals surface area contributed by atoms with E-state index in [2.05, 4.69) is 19.1 Å². The smallest absolute Gasteiger partial charge is 0.0233 e. The van der Waals surface area contributed by atoms with E-state index in [4.69, 9.17) is 0 Å². The van der Waals surface area contributed by atoms with Crippen molar-refractivity contribution >= 4 is 0 Å². The van der Waals surface area contributed by atoms with Crippen LogP contribution in [-0.4, -0.2) is 0 Å². The average molecular weight is 220 g/mol. The van der Waals surface area contributed by atoms with Crippen LogP contribution in [0, 0.1) is 17.8 Å². The molecular formula is C16H28. The van der Waals surface area contributed by atoms with Crippen molar-refractivity contribution in [3.05, 3.63) is 12.2 Å². The van der Waals surface area contributed by atoms with Crippen LogP contribution >= 0.6 is 0 Å². The van der Waals surface area contributed by atoms with Crippen molar-refractivity contribution in [1.29, 1.82) is 0 Å². The molecule has 92 valence electrons. The van der Waals surface area contributed by atoms with Crippen molar-refractivity contribution in [2.75, 3.05) is 0 Å². The van der Waals surface area contributed by atoms with E-state index in [9.17, 15) is 0 Å². The summed E-state index contributed by atoms with van der Waals surface area (Å²) in [4.78, 5) is 0. The van der Waals surface area contributed by atoms with Crippen molar-refractivity contribution in [3.63, 3.8) is 0 Å². The third kappa shape index (κ3) is 3.64. The Morgan fingerprint density at radius 1 is 0.812 bits per heavy atom.